The molecule has 1 aromatic heterocycles. The van der Waals surface area contributed by atoms with E-state index in [1.165, 1.54) is 0 Å². The third-order valence-corrected chi connectivity index (χ3v) is 3.62. The van der Waals surface area contributed by atoms with Gasteiger partial charge in [-0.25, -0.2) is 4.98 Å². The van der Waals surface area contributed by atoms with Crippen LogP contribution in [0.25, 0.3) is 0 Å². The Balaban J connectivity index is 1.64. The number of amides is 1. The normalized spacial score (nSPS) is 12.9. The molecule has 0 aliphatic carbocycles. The maximum absolute atomic E-state index is 12.2. The summed E-state index contributed by atoms with van der Waals surface area (Å²) in [5.41, 5.74) is 2.18. The molecule has 0 saturated heterocycles. The van der Waals surface area contributed by atoms with Gasteiger partial charge in [-0.15, -0.1) is 0 Å². The van der Waals surface area contributed by atoms with Crippen molar-refractivity contribution in [3.8, 4) is 5.75 Å². The number of Topliss-reactive ketones (excluding diaryl/α,β-unsaturated/α-hetero) is 1. The molecule has 2 aromatic rings. The second-order valence-corrected chi connectivity index (χ2v) is 5.17. The second kappa shape index (κ2) is 6.39. The van der Waals surface area contributed by atoms with Gasteiger partial charge in [-0.1, -0.05) is 0 Å². The van der Waals surface area contributed by atoms with Crippen molar-refractivity contribution in [2.24, 2.45) is 0 Å². The molecule has 0 bridgehead atoms. The summed E-state index contributed by atoms with van der Waals surface area (Å²) in [4.78, 5) is 27.0. The average Bonchev–Trinajstić information content (AvgIpc) is 2.59. The van der Waals surface area contributed by atoms with Gasteiger partial charge >= 0.3 is 0 Å². The molecule has 22 heavy (non-hydrogen) atoms. The summed E-state index contributed by atoms with van der Waals surface area (Å²) in [6.07, 6.45) is 5.22. The smallest absolute Gasteiger partial charge is 0.252 e. The van der Waals surface area contributed by atoms with Crippen LogP contribution < -0.4 is 15.0 Å². The Morgan fingerprint density at radius 3 is 2.77 bits per heavy atom. The van der Waals surface area contributed by atoms with Crippen molar-refractivity contribution in [1.29, 1.82) is 0 Å². The van der Waals surface area contributed by atoms with Crippen molar-refractivity contribution in [1.82, 2.24) is 5.32 Å². The van der Waals surface area contributed by atoms with E-state index in [2.05, 4.69) is 10.3 Å². The highest BCUT2D eigenvalue weighted by Crippen LogP contribution is 2.25. The summed E-state index contributed by atoms with van der Waals surface area (Å²) in [5, 5.41) is 2.64. The van der Waals surface area contributed by atoms with E-state index in [-0.39, 0.29) is 18.2 Å². The second-order valence-electron chi connectivity index (χ2n) is 5.17. The SMILES string of the molecule is O=C(CNC(=O)c1cc[nH+]cc1)c1ccc2c(c1)CCCO2. The fourth-order valence-electron chi connectivity index (χ4n) is 2.44. The first-order valence-corrected chi connectivity index (χ1v) is 7.27. The highest BCUT2D eigenvalue weighted by atomic mass is 16.5. The largest absolute Gasteiger partial charge is 0.493 e. The molecule has 3 rings (SSSR count). The first kappa shape index (κ1) is 14.3. The van der Waals surface area contributed by atoms with E-state index in [0.717, 1.165) is 30.8 Å². The van der Waals surface area contributed by atoms with E-state index in [1.54, 1.807) is 30.6 Å². The van der Waals surface area contributed by atoms with Gasteiger partial charge < -0.3 is 10.1 Å². The predicted molar refractivity (Wildman–Crippen MR) is 79.9 cm³/mol. The summed E-state index contributed by atoms with van der Waals surface area (Å²) < 4.78 is 5.53. The van der Waals surface area contributed by atoms with Crippen molar-refractivity contribution in [2.75, 3.05) is 13.2 Å². The van der Waals surface area contributed by atoms with Gasteiger partial charge in [0, 0.05) is 17.7 Å². The highest BCUT2D eigenvalue weighted by molar-refractivity contribution is 6.02. The minimum atomic E-state index is -0.261. The van der Waals surface area contributed by atoms with Crippen LogP contribution in [0.15, 0.2) is 42.7 Å². The molecule has 1 aliphatic rings. The van der Waals surface area contributed by atoms with Gasteiger partial charge in [-0.2, -0.15) is 0 Å². The lowest BCUT2D eigenvalue weighted by Crippen LogP contribution is -2.29. The summed E-state index contributed by atoms with van der Waals surface area (Å²) >= 11 is 0. The van der Waals surface area contributed by atoms with Crippen molar-refractivity contribution < 1.29 is 19.3 Å². The molecule has 1 aromatic carbocycles. The van der Waals surface area contributed by atoms with E-state index in [1.807, 2.05) is 12.1 Å². The number of carbonyl (C=O) groups excluding carboxylic acids is 2. The lowest BCUT2D eigenvalue weighted by molar-refractivity contribution is -0.378. The number of ketones is 1. The summed E-state index contributed by atoms with van der Waals surface area (Å²) in [7, 11) is 0. The zero-order valence-corrected chi connectivity index (χ0v) is 12.1. The van der Waals surface area contributed by atoms with Crippen LogP contribution >= 0.6 is 0 Å². The molecular formula is C17H17N2O3+. The van der Waals surface area contributed by atoms with E-state index in [4.69, 9.17) is 4.74 Å². The number of ether oxygens (including phenoxy) is 1. The molecule has 5 nitrogen and oxygen atoms in total. The first-order chi connectivity index (χ1) is 10.7. The van der Waals surface area contributed by atoms with Crippen LogP contribution in [0, 0.1) is 0 Å². The molecule has 0 fully saturated rings. The predicted octanol–water partition coefficient (Wildman–Crippen LogP) is 1.44. The standard InChI is InChI=1S/C17H16N2O3/c20-15(11-19-17(21)12-5-7-18-8-6-12)13-3-4-16-14(10-13)2-1-9-22-16/h3-8,10H,1-2,9,11H2,(H,19,21)/p+1. The van der Waals surface area contributed by atoms with Gasteiger partial charge in [0.25, 0.3) is 5.91 Å². The number of aromatic nitrogens is 1. The van der Waals surface area contributed by atoms with Gasteiger partial charge in [-0.05, 0) is 36.6 Å². The van der Waals surface area contributed by atoms with Gasteiger partial charge in [0.05, 0.1) is 18.7 Å². The van der Waals surface area contributed by atoms with Crippen LogP contribution in [0.4, 0.5) is 0 Å². The molecule has 0 atom stereocenters. The number of rotatable bonds is 4. The number of hydrogen-bond donors (Lipinski definition) is 1. The average molecular weight is 297 g/mol. The maximum atomic E-state index is 12.2. The van der Waals surface area contributed by atoms with Gasteiger partial charge in [0.15, 0.2) is 18.2 Å². The summed E-state index contributed by atoms with van der Waals surface area (Å²) in [6, 6.07) is 8.76. The van der Waals surface area contributed by atoms with E-state index in [0.29, 0.717) is 11.1 Å². The number of benzene rings is 1. The number of nitrogens with one attached hydrogen (secondary N) is 2. The number of aromatic amines is 1. The summed E-state index contributed by atoms with van der Waals surface area (Å²) in [6.45, 7) is 0.710. The zero-order valence-electron chi connectivity index (χ0n) is 12.1. The van der Waals surface area contributed by atoms with Gasteiger partial charge in [0.1, 0.15) is 5.75 Å². The Labute approximate surface area is 128 Å². The van der Waals surface area contributed by atoms with Crippen LogP contribution in [0.2, 0.25) is 0 Å². The van der Waals surface area contributed by atoms with Crippen molar-refractivity contribution in [2.45, 2.75) is 12.8 Å². The third-order valence-electron chi connectivity index (χ3n) is 3.62. The van der Waals surface area contributed by atoms with Gasteiger partial charge in [0.2, 0.25) is 0 Å². The van der Waals surface area contributed by atoms with Crippen LogP contribution in [0.5, 0.6) is 5.75 Å². The zero-order chi connectivity index (χ0) is 15.4. The topological polar surface area (TPSA) is 69.5 Å². The fraction of sp³-hybridized carbons (Fsp3) is 0.235. The Kier molecular flexibility index (Phi) is 4.14. The Morgan fingerprint density at radius 1 is 1.14 bits per heavy atom. The number of fused-ring (bicyclic) bond motifs is 1. The quantitative estimate of drug-likeness (QED) is 0.868. The number of aryl methyl sites for hydroxylation is 1. The molecule has 2 N–H and O–H groups in total. The van der Waals surface area contributed by atoms with E-state index < -0.39 is 0 Å². The number of carbonyl (C=O) groups is 2. The van der Waals surface area contributed by atoms with E-state index in [9.17, 15) is 9.59 Å². The number of H-pyrrole nitrogens is 1. The van der Waals surface area contributed by atoms with Crippen molar-refractivity contribution >= 4 is 11.7 Å². The molecule has 0 radical (unpaired) electrons. The van der Waals surface area contributed by atoms with Gasteiger partial charge in [-0.3, -0.25) is 9.59 Å². The van der Waals surface area contributed by atoms with Crippen molar-refractivity contribution in [3.63, 3.8) is 0 Å². The molecule has 112 valence electrons. The minimum absolute atomic E-state index is 0.0168. The Hall–Kier alpha value is -2.69. The van der Waals surface area contributed by atoms with Crippen LogP contribution in [0.3, 0.4) is 0 Å². The van der Waals surface area contributed by atoms with Crippen LogP contribution in [-0.2, 0) is 6.42 Å². The van der Waals surface area contributed by atoms with Crippen molar-refractivity contribution in [3.05, 3.63) is 59.4 Å². The molecule has 0 unspecified atom stereocenters. The maximum Gasteiger partial charge on any atom is 0.252 e. The minimum Gasteiger partial charge on any atom is -0.493 e. The van der Waals surface area contributed by atoms with Crippen LogP contribution in [-0.4, -0.2) is 24.8 Å². The fourth-order valence-corrected chi connectivity index (χ4v) is 2.44. The molecular weight excluding hydrogens is 280 g/mol. The highest BCUT2D eigenvalue weighted by Gasteiger charge is 2.15. The lowest BCUT2D eigenvalue weighted by atomic mass is 10.0. The number of pyridine rings is 1. The molecule has 1 amide bonds. The Morgan fingerprint density at radius 2 is 1.95 bits per heavy atom. The molecule has 2 heterocycles. The summed E-state index contributed by atoms with van der Waals surface area (Å²) in [5.74, 6) is 0.486. The molecule has 0 spiro atoms. The van der Waals surface area contributed by atoms with E-state index >= 15 is 0 Å². The first-order valence-electron chi connectivity index (χ1n) is 7.27. The monoisotopic (exact) mass is 297 g/mol. The molecule has 0 saturated carbocycles. The molecule has 1 aliphatic heterocycles. The molecule has 5 heteroatoms. The Bertz CT molecular complexity index is 698. The lowest BCUT2D eigenvalue weighted by Gasteiger charge is -2.17. The third kappa shape index (κ3) is 3.14. The van der Waals surface area contributed by atoms with Crippen LogP contribution in [0.1, 0.15) is 32.7 Å². The number of hydrogen-bond acceptors (Lipinski definition) is 3.